The number of hydrogen-bond acceptors (Lipinski definition) is 7. The van der Waals surface area contributed by atoms with Crippen molar-refractivity contribution in [2.24, 2.45) is 0 Å². The molecule has 9 heteroatoms. The number of carbonyl (C=O) groups excluding carboxylic acids is 1. The number of anilines is 1. The van der Waals surface area contributed by atoms with Crippen LogP contribution in [0, 0.1) is 6.92 Å². The molecule has 134 valence electrons. The van der Waals surface area contributed by atoms with Crippen LogP contribution in [0.15, 0.2) is 41.1 Å². The first-order valence-corrected chi connectivity index (χ1v) is 7.97. The summed E-state index contributed by atoms with van der Waals surface area (Å²) >= 11 is 6.28. The van der Waals surface area contributed by atoms with E-state index in [1.54, 1.807) is 31.3 Å². The molecule has 0 aliphatic rings. The molecule has 1 N–H and O–H groups in total. The van der Waals surface area contributed by atoms with Crippen LogP contribution >= 0.6 is 11.6 Å². The number of hydrogen-bond donors (Lipinski definition) is 1. The van der Waals surface area contributed by atoms with E-state index in [2.05, 4.69) is 25.6 Å². The molecule has 0 bridgehead atoms. The predicted molar refractivity (Wildman–Crippen MR) is 93.5 cm³/mol. The zero-order chi connectivity index (χ0) is 18.5. The minimum absolute atomic E-state index is 0.0461. The maximum absolute atomic E-state index is 12.1. The summed E-state index contributed by atoms with van der Waals surface area (Å²) in [5, 5.41) is 10.2. The lowest BCUT2D eigenvalue weighted by atomic mass is 10.0. The molecule has 2 aromatic heterocycles. The number of halogens is 1. The number of aromatic nitrogens is 3. The van der Waals surface area contributed by atoms with Gasteiger partial charge in [0.1, 0.15) is 18.1 Å². The van der Waals surface area contributed by atoms with E-state index in [-0.39, 0.29) is 5.76 Å². The number of nitrogens with one attached hydrogen (secondary N) is 1. The molecule has 0 fully saturated rings. The predicted octanol–water partition coefficient (Wildman–Crippen LogP) is 3.42. The average Bonchev–Trinajstić information content (AvgIpc) is 3.08. The highest BCUT2D eigenvalue weighted by atomic mass is 35.5. The Morgan fingerprint density at radius 1 is 1.31 bits per heavy atom. The van der Waals surface area contributed by atoms with E-state index in [1.165, 1.54) is 7.11 Å². The Labute approximate surface area is 154 Å². The van der Waals surface area contributed by atoms with Crippen molar-refractivity contribution in [3.05, 3.63) is 58.6 Å². The molecular weight excluding hydrogens is 360 g/mol. The molecule has 0 saturated carbocycles. The maximum atomic E-state index is 12.1. The van der Waals surface area contributed by atoms with Crippen molar-refractivity contribution in [1.82, 2.24) is 15.4 Å². The molecule has 0 atom stereocenters. The van der Waals surface area contributed by atoms with Gasteiger partial charge in [-0.25, -0.2) is 14.8 Å². The van der Waals surface area contributed by atoms with Gasteiger partial charge in [0.2, 0.25) is 5.76 Å². The Morgan fingerprint density at radius 2 is 2.15 bits per heavy atom. The zero-order valence-corrected chi connectivity index (χ0v) is 14.8. The fourth-order valence-electron chi connectivity index (χ4n) is 2.25. The number of amides is 1. The van der Waals surface area contributed by atoms with E-state index in [0.29, 0.717) is 23.1 Å². The number of carbonyl (C=O) groups is 1. The first-order valence-electron chi connectivity index (χ1n) is 7.59. The third kappa shape index (κ3) is 4.05. The van der Waals surface area contributed by atoms with E-state index >= 15 is 0 Å². The standard InChI is InChI=1S/C17H15ClN4O4/c1-10-16(26-22-21-10)17(23)20-15-6-4-12(8-19-15)13-7-11(9-25-24-2)3-5-14(13)18/h3-8H,9H2,1-2H3,(H,19,20,23). The topological polar surface area (TPSA) is 99.4 Å². The van der Waals surface area contributed by atoms with Crippen molar-refractivity contribution in [3.63, 3.8) is 0 Å². The lowest BCUT2D eigenvalue weighted by molar-refractivity contribution is -0.282. The molecule has 3 aromatic rings. The van der Waals surface area contributed by atoms with Crippen molar-refractivity contribution < 1.29 is 19.1 Å². The van der Waals surface area contributed by atoms with Gasteiger partial charge in [-0.15, -0.1) is 5.10 Å². The third-order valence-corrected chi connectivity index (χ3v) is 3.88. The molecule has 0 saturated heterocycles. The molecule has 1 amide bonds. The van der Waals surface area contributed by atoms with Crippen LogP contribution in [0.25, 0.3) is 11.1 Å². The smallest absolute Gasteiger partial charge is 0.297 e. The highest BCUT2D eigenvalue weighted by Gasteiger charge is 2.16. The Hall–Kier alpha value is -2.81. The van der Waals surface area contributed by atoms with Crippen molar-refractivity contribution in [2.45, 2.75) is 13.5 Å². The van der Waals surface area contributed by atoms with E-state index in [1.807, 2.05) is 12.1 Å². The van der Waals surface area contributed by atoms with Crippen molar-refractivity contribution in [3.8, 4) is 11.1 Å². The summed E-state index contributed by atoms with van der Waals surface area (Å²) in [5.74, 6) is -0.0567. The lowest BCUT2D eigenvalue weighted by Gasteiger charge is -2.09. The Balaban J connectivity index is 1.77. The SMILES string of the molecule is COOCc1ccc(Cl)c(-c2ccc(NC(=O)c3onnc3C)nc2)c1. The largest absolute Gasteiger partial charge is 0.331 e. The second kappa shape index (κ2) is 8.05. The van der Waals surface area contributed by atoms with Gasteiger partial charge >= 0.3 is 0 Å². The van der Waals surface area contributed by atoms with Gasteiger partial charge in [-0.2, -0.15) is 0 Å². The van der Waals surface area contributed by atoms with Crippen LogP contribution in [-0.2, 0) is 16.4 Å². The normalized spacial score (nSPS) is 10.7. The van der Waals surface area contributed by atoms with Crippen LogP contribution in [0.2, 0.25) is 5.02 Å². The van der Waals surface area contributed by atoms with Crippen LogP contribution in [0.5, 0.6) is 0 Å². The van der Waals surface area contributed by atoms with Gasteiger partial charge in [-0.05, 0) is 36.8 Å². The number of pyridine rings is 1. The molecule has 3 rings (SSSR count). The summed E-state index contributed by atoms with van der Waals surface area (Å²) in [7, 11) is 1.45. The number of rotatable bonds is 6. The number of benzene rings is 1. The van der Waals surface area contributed by atoms with Crippen LogP contribution in [0.3, 0.4) is 0 Å². The van der Waals surface area contributed by atoms with E-state index in [4.69, 9.17) is 21.0 Å². The zero-order valence-electron chi connectivity index (χ0n) is 14.0. The molecule has 8 nitrogen and oxygen atoms in total. The average molecular weight is 375 g/mol. The lowest BCUT2D eigenvalue weighted by Crippen LogP contribution is -2.13. The van der Waals surface area contributed by atoms with Crippen LogP contribution < -0.4 is 5.32 Å². The van der Waals surface area contributed by atoms with E-state index in [9.17, 15) is 4.79 Å². The highest BCUT2D eigenvalue weighted by Crippen LogP contribution is 2.29. The Kier molecular flexibility index (Phi) is 5.57. The Morgan fingerprint density at radius 3 is 2.81 bits per heavy atom. The van der Waals surface area contributed by atoms with Gasteiger partial charge in [0.25, 0.3) is 5.91 Å². The first kappa shape index (κ1) is 18.0. The van der Waals surface area contributed by atoms with Gasteiger partial charge < -0.3 is 9.84 Å². The second-order valence-corrected chi connectivity index (χ2v) is 5.72. The third-order valence-electron chi connectivity index (χ3n) is 3.55. The summed E-state index contributed by atoms with van der Waals surface area (Å²) < 4.78 is 4.81. The number of aryl methyl sites for hydroxylation is 1. The summed E-state index contributed by atoms with van der Waals surface area (Å²) in [6.45, 7) is 1.93. The molecule has 0 aliphatic heterocycles. The highest BCUT2D eigenvalue weighted by molar-refractivity contribution is 6.33. The molecule has 0 unspecified atom stereocenters. The van der Waals surface area contributed by atoms with Gasteiger partial charge in [0, 0.05) is 27.6 Å². The summed E-state index contributed by atoms with van der Waals surface area (Å²) in [4.78, 5) is 25.9. The van der Waals surface area contributed by atoms with Gasteiger partial charge in [-0.3, -0.25) is 4.79 Å². The summed E-state index contributed by atoms with van der Waals surface area (Å²) in [5.41, 5.74) is 2.90. The van der Waals surface area contributed by atoms with Crippen LogP contribution in [-0.4, -0.2) is 28.4 Å². The van der Waals surface area contributed by atoms with Crippen LogP contribution in [0.4, 0.5) is 5.82 Å². The van der Waals surface area contributed by atoms with Crippen molar-refractivity contribution in [1.29, 1.82) is 0 Å². The molecule has 26 heavy (non-hydrogen) atoms. The molecule has 2 heterocycles. The molecule has 0 spiro atoms. The quantitative estimate of drug-likeness (QED) is 0.521. The van der Waals surface area contributed by atoms with Crippen molar-refractivity contribution in [2.75, 3.05) is 12.4 Å². The van der Waals surface area contributed by atoms with Gasteiger partial charge in [0.05, 0.1) is 7.11 Å². The minimum atomic E-state index is -0.468. The fraction of sp³-hybridized carbons (Fsp3) is 0.176. The maximum Gasteiger partial charge on any atom is 0.297 e. The fourth-order valence-corrected chi connectivity index (χ4v) is 2.48. The Bertz CT molecular complexity index is 911. The van der Waals surface area contributed by atoms with Gasteiger partial charge in [-0.1, -0.05) is 17.7 Å². The van der Waals surface area contributed by atoms with Crippen LogP contribution in [0.1, 0.15) is 21.8 Å². The monoisotopic (exact) mass is 374 g/mol. The van der Waals surface area contributed by atoms with E-state index in [0.717, 1.165) is 16.7 Å². The first-order chi connectivity index (χ1) is 12.6. The van der Waals surface area contributed by atoms with Crippen molar-refractivity contribution >= 4 is 23.3 Å². The number of nitrogens with zero attached hydrogens (tertiary/aromatic N) is 3. The molecular formula is C17H15ClN4O4. The minimum Gasteiger partial charge on any atom is -0.331 e. The second-order valence-electron chi connectivity index (χ2n) is 5.32. The molecule has 0 aliphatic carbocycles. The van der Waals surface area contributed by atoms with E-state index < -0.39 is 5.91 Å². The summed E-state index contributed by atoms with van der Waals surface area (Å²) in [6, 6.07) is 8.98. The molecule has 1 aromatic carbocycles. The van der Waals surface area contributed by atoms with Gasteiger partial charge in [0.15, 0.2) is 0 Å². The summed E-state index contributed by atoms with van der Waals surface area (Å²) in [6.07, 6.45) is 1.61. The molecule has 0 radical (unpaired) electrons.